The predicted molar refractivity (Wildman–Crippen MR) is 73.6 cm³/mol. The van der Waals surface area contributed by atoms with Gasteiger partial charge in [0.15, 0.2) is 0 Å². The van der Waals surface area contributed by atoms with E-state index in [2.05, 4.69) is 0 Å². The summed E-state index contributed by atoms with van der Waals surface area (Å²) in [6.45, 7) is 0.184. The topological polar surface area (TPSA) is 76.2 Å². The lowest BCUT2D eigenvalue weighted by Gasteiger charge is -2.07. The molecule has 2 rings (SSSR count). The molecule has 0 heterocycles. The number of ether oxygens (including phenoxy) is 1. The number of hydrogen-bond donors (Lipinski definition) is 0. The Morgan fingerprint density at radius 2 is 2.10 bits per heavy atom. The van der Waals surface area contributed by atoms with E-state index in [1.807, 2.05) is 6.07 Å². The molecule has 5 nitrogen and oxygen atoms in total. The molecule has 0 aliphatic rings. The van der Waals surface area contributed by atoms with E-state index >= 15 is 0 Å². The number of hydrogen-bond acceptors (Lipinski definition) is 4. The molecule has 0 amide bonds. The van der Waals surface area contributed by atoms with Crippen molar-refractivity contribution in [1.82, 2.24) is 0 Å². The molecule has 2 aromatic rings. The third kappa shape index (κ3) is 3.25. The van der Waals surface area contributed by atoms with Gasteiger partial charge in [0.2, 0.25) is 0 Å². The zero-order valence-corrected chi connectivity index (χ0v) is 11.0. The van der Waals surface area contributed by atoms with Gasteiger partial charge in [-0.05, 0) is 17.7 Å². The summed E-state index contributed by atoms with van der Waals surface area (Å²) in [4.78, 5) is 10.2. The minimum absolute atomic E-state index is 0.0176. The van der Waals surface area contributed by atoms with Crippen molar-refractivity contribution in [2.24, 2.45) is 0 Å². The van der Waals surface area contributed by atoms with E-state index in [1.54, 1.807) is 24.3 Å². The summed E-state index contributed by atoms with van der Waals surface area (Å²) in [5, 5.41) is 19.7. The molecule has 0 spiro atoms. The summed E-state index contributed by atoms with van der Waals surface area (Å²) in [5.74, 6) is 0.500. The number of nitrogens with zero attached hydrogens (tertiary/aromatic N) is 2. The highest BCUT2D eigenvalue weighted by Crippen LogP contribution is 2.23. The van der Waals surface area contributed by atoms with E-state index < -0.39 is 4.92 Å². The lowest BCUT2D eigenvalue weighted by atomic mass is 10.2. The standard InChI is InChI=1S/C14H9ClN2O3/c15-14-7-13(5-4-11(14)8-16)20-9-10-2-1-3-12(6-10)17(18)19/h1-7H,9H2. The third-order valence-electron chi connectivity index (χ3n) is 2.59. The van der Waals surface area contributed by atoms with Crippen LogP contribution in [0.4, 0.5) is 5.69 Å². The van der Waals surface area contributed by atoms with Gasteiger partial charge in [0, 0.05) is 18.2 Å². The first-order chi connectivity index (χ1) is 9.60. The van der Waals surface area contributed by atoms with Crippen LogP contribution in [0.3, 0.4) is 0 Å². The van der Waals surface area contributed by atoms with E-state index in [4.69, 9.17) is 21.6 Å². The van der Waals surface area contributed by atoms with Crippen LogP contribution in [-0.4, -0.2) is 4.92 Å². The normalized spacial score (nSPS) is 9.80. The molecule has 2 aromatic carbocycles. The molecule has 6 heteroatoms. The Hall–Kier alpha value is -2.58. The quantitative estimate of drug-likeness (QED) is 0.635. The molecule has 0 bridgehead atoms. The van der Waals surface area contributed by atoms with Crippen LogP contribution in [0.1, 0.15) is 11.1 Å². The van der Waals surface area contributed by atoms with Crippen LogP contribution in [0.25, 0.3) is 0 Å². The summed E-state index contributed by atoms with van der Waals surface area (Å²) in [6, 6.07) is 12.9. The van der Waals surface area contributed by atoms with Crippen LogP contribution in [0.5, 0.6) is 5.75 Å². The van der Waals surface area contributed by atoms with Crippen LogP contribution >= 0.6 is 11.6 Å². The van der Waals surface area contributed by atoms with Gasteiger partial charge in [-0.15, -0.1) is 0 Å². The van der Waals surface area contributed by atoms with Crippen molar-refractivity contribution < 1.29 is 9.66 Å². The maximum atomic E-state index is 10.7. The van der Waals surface area contributed by atoms with Crippen molar-refractivity contribution in [2.75, 3.05) is 0 Å². The summed E-state index contributed by atoms with van der Waals surface area (Å²) in [5.41, 5.74) is 1.07. The highest BCUT2D eigenvalue weighted by molar-refractivity contribution is 6.31. The molecule has 0 radical (unpaired) electrons. The lowest BCUT2D eigenvalue weighted by Crippen LogP contribution is -1.97. The average molecular weight is 289 g/mol. The van der Waals surface area contributed by atoms with Gasteiger partial charge in [0.05, 0.1) is 15.5 Å². The van der Waals surface area contributed by atoms with Crippen molar-refractivity contribution in [2.45, 2.75) is 6.61 Å². The van der Waals surface area contributed by atoms with E-state index in [-0.39, 0.29) is 12.3 Å². The first-order valence-electron chi connectivity index (χ1n) is 5.66. The van der Waals surface area contributed by atoms with E-state index in [9.17, 15) is 10.1 Å². The summed E-state index contributed by atoms with van der Waals surface area (Å²) in [6.07, 6.45) is 0. The van der Waals surface area contributed by atoms with Gasteiger partial charge in [0.25, 0.3) is 5.69 Å². The summed E-state index contributed by atoms with van der Waals surface area (Å²) >= 11 is 5.89. The van der Waals surface area contributed by atoms with Crippen molar-refractivity contribution in [3.8, 4) is 11.8 Å². The second-order valence-electron chi connectivity index (χ2n) is 3.97. The van der Waals surface area contributed by atoms with Crippen LogP contribution in [0.15, 0.2) is 42.5 Å². The zero-order chi connectivity index (χ0) is 14.5. The molecule has 0 aliphatic carbocycles. The van der Waals surface area contributed by atoms with Gasteiger partial charge in [-0.1, -0.05) is 23.7 Å². The highest BCUT2D eigenvalue weighted by Gasteiger charge is 2.07. The number of nitro groups is 1. The van der Waals surface area contributed by atoms with Gasteiger partial charge in [-0.2, -0.15) is 5.26 Å². The minimum atomic E-state index is -0.456. The number of benzene rings is 2. The van der Waals surface area contributed by atoms with Gasteiger partial charge >= 0.3 is 0 Å². The molecular formula is C14H9ClN2O3. The Bertz CT molecular complexity index is 695. The van der Waals surface area contributed by atoms with Gasteiger partial charge in [-0.25, -0.2) is 0 Å². The van der Waals surface area contributed by atoms with Crippen molar-refractivity contribution in [1.29, 1.82) is 5.26 Å². The number of halogens is 1. The number of nitriles is 1. The van der Waals surface area contributed by atoms with Crippen LogP contribution in [0.2, 0.25) is 5.02 Å². The zero-order valence-electron chi connectivity index (χ0n) is 10.2. The fraction of sp³-hybridized carbons (Fsp3) is 0.0714. The Morgan fingerprint density at radius 1 is 1.30 bits per heavy atom. The van der Waals surface area contributed by atoms with Crippen molar-refractivity contribution in [3.05, 3.63) is 68.7 Å². The van der Waals surface area contributed by atoms with Crippen molar-refractivity contribution >= 4 is 17.3 Å². The molecule has 100 valence electrons. The maximum Gasteiger partial charge on any atom is 0.269 e. The Balaban J connectivity index is 2.09. The second-order valence-corrected chi connectivity index (χ2v) is 4.38. The number of nitro benzene ring substituents is 1. The molecular weight excluding hydrogens is 280 g/mol. The van der Waals surface area contributed by atoms with Crippen LogP contribution < -0.4 is 4.74 Å². The van der Waals surface area contributed by atoms with E-state index in [1.165, 1.54) is 18.2 Å². The summed E-state index contributed by atoms with van der Waals surface area (Å²) in [7, 11) is 0. The Morgan fingerprint density at radius 3 is 2.75 bits per heavy atom. The monoisotopic (exact) mass is 288 g/mol. The molecule has 20 heavy (non-hydrogen) atoms. The van der Waals surface area contributed by atoms with Gasteiger partial charge in [-0.3, -0.25) is 10.1 Å². The fourth-order valence-electron chi connectivity index (χ4n) is 1.60. The predicted octanol–water partition coefficient (Wildman–Crippen LogP) is 3.70. The molecule has 0 saturated carbocycles. The average Bonchev–Trinajstić information content (AvgIpc) is 2.45. The molecule has 0 unspecified atom stereocenters. The molecule has 0 aliphatic heterocycles. The highest BCUT2D eigenvalue weighted by atomic mass is 35.5. The van der Waals surface area contributed by atoms with Crippen LogP contribution in [0, 0.1) is 21.4 Å². The fourth-order valence-corrected chi connectivity index (χ4v) is 1.82. The molecule has 0 saturated heterocycles. The SMILES string of the molecule is N#Cc1ccc(OCc2cccc([N+](=O)[O-])c2)cc1Cl. The van der Waals surface area contributed by atoms with Gasteiger partial charge < -0.3 is 4.74 Å². The molecule has 0 atom stereocenters. The number of rotatable bonds is 4. The smallest absolute Gasteiger partial charge is 0.269 e. The van der Waals surface area contributed by atoms with E-state index in [0.717, 1.165) is 0 Å². The third-order valence-corrected chi connectivity index (χ3v) is 2.90. The Labute approximate surface area is 120 Å². The Kier molecular flexibility index (Phi) is 4.18. The van der Waals surface area contributed by atoms with Gasteiger partial charge in [0.1, 0.15) is 18.4 Å². The van der Waals surface area contributed by atoms with Crippen LogP contribution in [-0.2, 0) is 6.61 Å². The maximum absolute atomic E-state index is 10.7. The first kappa shape index (κ1) is 13.8. The first-order valence-corrected chi connectivity index (χ1v) is 6.04. The largest absolute Gasteiger partial charge is 0.489 e. The minimum Gasteiger partial charge on any atom is -0.489 e. The molecule has 0 fully saturated rings. The van der Waals surface area contributed by atoms with Crippen molar-refractivity contribution in [3.63, 3.8) is 0 Å². The summed E-state index contributed by atoms with van der Waals surface area (Å²) < 4.78 is 5.49. The lowest BCUT2D eigenvalue weighted by molar-refractivity contribution is -0.384. The van der Waals surface area contributed by atoms with E-state index in [0.29, 0.717) is 21.9 Å². The number of non-ortho nitro benzene ring substituents is 1. The second kappa shape index (κ2) is 6.04. The molecule has 0 aromatic heterocycles. The molecule has 0 N–H and O–H groups in total.